The van der Waals surface area contributed by atoms with Crippen molar-refractivity contribution in [3.8, 4) is 16.9 Å². The molecule has 0 amide bonds. The van der Waals surface area contributed by atoms with Gasteiger partial charge in [-0.05, 0) is 48.1 Å². The number of aromatic amines is 1. The Morgan fingerprint density at radius 2 is 1.83 bits per heavy atom. The van der Waals surface area contributed by atoms with Gasteiger partial charge in [0.2, 0.25) is 0 Å². The van der Waals surface area contributed by atoms with Gasteiger partial charge in [0.15, 0.2) is 5.75 Å². The highest BCUT2D eigenvalue weighted by molar-refractivity contribution is 5.91. The number of nitrogens with one attached hydrogen (secondary N) is 1. The van der Waals surface area contributed by atoms with Crippen LogP contribution in [-0.4, -0.2) is 16.6 Å². The molecule has 4 nitrogen and oxygen atoms in total. The molecule has 1 fully saturated rings. The molecular formula is C19H17NO3. The summed E-state index contributed by atoms with van der Waals surface area (Å²) in [5.74, 6) is 0.525. The third kappa shape index (κ3) is 2.32. The third-order valence-corrected chi connectivity index (χ3v) is 4.76. The van der Waals surface area contributed by atoms with E-state index in [1.165, 1.54) is 0 Å². The van der Waals surface area contributed by atoms with Crippen LogP contribution in [0.4, 0.5) is 0 Å². The Morgan fingerprint density at radius 3 is 2.48 bits per heavy atom. The van der Waals surface area contributed by atoms with E-state index in [1.807, 2.05) is 42.5 Å². The van der Waals surface area contributed by atoms with E-state index < -0.39 is 5.60 Å². The minimum atomic E-state index is -0.631. The topological polar surface area (TPSA) is 62.3 Å². The molecule has 23 heavy (non-hydrogen) atoms. The van der Waals surface area contributed by atoms with Crippen LogP contribution in [0.5, 0.6) is 5.75 Å². The summed E-state index contributed by atoms with van der Waals surface area (Å²) in [5, 5.41) is 11.3. The predicted molar refractivity (Wildman–Crippen MR) is 88.2 cm³/mol. The molecule has 1 aliphatic rings. The first-order valence-corrected chi connectivity index (χ1v) is 7.74. The molecule has 1 aromatic heterocycles. The van der Waals surface area contributed by atoms with Gasteiger partial charge in [-0.2, -0.15) is 0 Å². The van der Waals surface area contributed by atoms with Gasteiger partial charge in [0.1, 0.15) is 0 Å². The summed E-state index contributed by atoms with van der Waals surface area (Å²) in [6.07, 6.45) is 4.45. The zero-order chi connectivity index (χ0) is 15.9. The highest BCUT2D eigenvalue weighted by Gasteiger charge is 2.35. The lowest BCUT2D eigenvalue weighted by atomic mass is 9.75. The van der Waals surface area contributed by atoms with Crippen LogP contribution < -0.4 is 4.74 Å². The van der Waals surface area contributed by atoms with Crippen molar-refractivity contribution in [1.82, 2.24) is 4.98 Å². The van der Waals surface area contributed by atoms with Crippen molar-refractivity contribution in [3.05, 3.63) is 54.2 Å². The van der Waals surface area contributed by atoms with Crippen molar-refractivity contribution in [2.45, 2.75) is 24.9 Å². The molecule has 0 spiro atoms. The number of carbonyl (C=O) groups is 1. The molecule has 0 bridgehead atoms. The van der Waals surface area contributed by atoms with Crippen molar-refractivity contribution in [3.63, 3.8) is 0 Å². The molecule has 0 radical (unpaired) electrons. The molecule has 0 saturated heterocycles. The highest BCUT2D eigenvalue weighted by Crippen LogP contribution is 2.41. The van der Waals surface area contributed by atoms with Gasteiger partial charge in [-0.3, -0.25) is 4.79 Å². The van der Waals surface area contributed by atoms with Crippen molar-refractivity contribution in [1.29, 1.82) is 0 Å². The zero-order valence-electron chi connectivity index (χ0n) is 12.6. The Morgan fingerprint density at radius 1 is 1.09 bits per heavy atom. The number of hydrogen-bond donors (Lipinski definition) is 2. The molecule has 2 aromatic carbocycles. The number of carbonyl (C=O) groups excluding carboxylic acids is 1. The maximum absolute atomic E-state index is 10.6. The fourth-order valence-electron chi connectivity index (χ4n) is 3.20. The normalized spacial score (nSPS) is 16.0. The first-order valence-electron chi connectivity index (χ1n) is 7.74. The highest BCUT2D eigenvalue weighted by atomic mass is 16.5. The van der Waals surface area contributed by atoms with Crippen LogP contribution in [0.15, 0.2) is 48.7 Å². The minimum absolute atomic E-state index is 0.434. The van der Waals surface area contributed by atoms with Crippen molar-refractivity contribution >= 4 is 17.4 Å². The standard InChI is InChI=1S/C19H17NO3/c21-12-23-18-11-20-17-7-4-14(10-16(17)18)13-2-5-15(6-3-13)19(22)8-1-9-19/h2-7,10-12,20,22H,1,8-9H2. The number of hydrogen-bond acceptors (Lipinski definition) is 3. The maximum atomic E-state index is 10.6. The van der Waals surface area contributed by atoms with Crippen LogP contribution >= 0.6 is 0 Å². The minimum Gasteiger partial charge on any atom is -0.426 e. The second-order valence-electron chi connectivity index (χ2n) is 6.09. The van der Waals surface area contributed by atoms with Gasteiger partial charge >= 0.3 is 0 Å². The van der Waals surface area contributed by atoms with E-state index in [0.29, 0.717) is 12.2 Å². The Hall–Kier alpha value is -2.59. The molecule has 116 valence electrons. The Kier molecular flexibility index (Phi) is 3.20. The van der Waals surface area contributed by atoms with Gasteiger partial charge in [-0.15, -0.1) is 0 Å². The molecule has 2 N–H and O–H groups in total. The van der Waals surface area contributed by atoms with E-state index in [9.17, 15) is 9.90 Å². The van der Waals surface area contributed by atoms with Crippen LogP contribution in [-0.2, 0) is 10.4 Å². The average molecular weight is 307 g/mol. The molecular weight excluding hydrogens is 290 g/mol. The van der Waals surface area contributed by atoms with Crippen molar-refractivity contribution in [2.75, 3.05) is 0 Å². The third-order valence-electron chi connectivity index (χ3n) is 4.76. The molecule has 3 aromatic rings. The first-order chi connectivity index (χ1) is 11.2. The molecule has 1 saturated carbocycles. The quantitative estimate of drug-likeness (QED) is 0.722. The summed E-state index contributed by atoms with van der Waals surface area (Å²) in [4.78, 5) is 13.7. The summed E-state index contributed by atoms with van der Waals surface area (Å²) in [5.41, 5.74) is 3.39. The lowest BCUT2D eigenvalue weighted by Crippen LogP contribution is -2.33. The van der Waals surface area contributed by atoms with Crippen LogP contribution in [0.25, 0.3) is 22.0 Å². The summed E-state index contributed by atoms with van der Waals surface area (Å²) in [7, 11) is 0. The molecule has 0 aliphatic heterocycles. The van der Waals surface area contributed by atoms with E-state index >= 15 is 0 Å². The molecule has 1 aliphatic carbocycles. The van der Waals surface area contributed by atoms with Gasteiger partial charge in [-0.1, -0.05) is 30.3 Å². The number of fused-ring (bicyclic) bond motifs is 1. The van der Waals surface area contributed by atoms with Crippen LogP contribution in [0, 0.1) is 0 Å². The fourth-order valence-corrected chi connectivity index (χ4v) is 3.20. The van der Waals surface area contributed by atoms with Gasteiger partial charge in [0, 0.05) is 17.1 Å². The van der Waals surface area contributed by atoms with E-state index in [1.54, 1.807) is 6.20 Å². The summed E-state index contributed by atoms with van der Waals surface area (Å²) in [6, 6.07) is 14.0. The lowest BCUT2D eigenvalue weighted by Gasteiger charge is -2.37. The number of ether oxygens (including phenoxy) is 1. The van der Waals surface area contributed by atoms with Crippen LogP contribution in [0.3, 0.4) is 0 Å². The number of aliphatic hydroxyl groups is 1. The summed E-state index contributed by atoms with van der Waals surface area (Å²) in [6.45, 7) is 0.434. The number of H-pyrrole nitrogens is 1. The molecule has 4 heteroatoms. The number of rotatable bonds is 4. The van der Waals surface area contributed by atoms with Gasteiger partial charge in [0.05, 0.1) is 5.60 Å². The molecule has 4 rings (SSSR count). The number of benzene rings is 2. The van der Waals surface area contributed by atoms with Crippen LogP contribution in [0.1, 0.15) is 24.8 Å². The van der Waals surface area contributed by atoms with Crippen LogP contribution in [0.2, 0.25) is 0 Å². The Balaban J connectivity index is 1.70. The number of aromatic nitrogens is 1. The summed E-state index contributed by atoms with van der Waals surface area (Å²) < 4.78 is 4.99. The van der Waals surface area contributed by atoms with Crippen molar-refractivity contribution in [2.24, 2.45) is 0 Å². The second kappa shape index (κ2) is 5.25. The second-order valence-corrected chi connectivity index (χ2v) is 6.09. The Labute approximate surface area is 133 Å². The van der Waals surface area contributed by atoms with Gasteiger partial charge in [0.25, 0.3) is 6.47 Å². The molecule has 0 atom stereocenters. The fraction of sp³-hybridized carbons (Fsp3) is 0.211. The SMILES string of the molecule is O=COc1c[nH]c2ccc(-c3ccc(C4(O)CCC4)cc3)cc12. The average Bonchev–Trinajstić information content (AvgIpc) is 2.96. The molecule has 1 heterocycles. The maximum Gasteiger partial charge on any atom is 0.298 e. The Bertz CT molecular complexity index is 860. The van der Waals surface area contributed by atoms with Crippen molar-refractivity contribution < 1.29 is 14.6 Å². The lowest BCUT2D eigenvalue weighted by molar-refractivity contribution is -0.120. The summed E-state index contributed by atoms with van der Waals surface area (Å²) >= 11 is 0. The van der Waals surface area contributed by atoms with E-state index in [2.05, 4.69) is 4.98 Å². The van der Waals surface area contributed by atoms with E-state index in [-0.39, 0.29) is 0 Å². The van der Waals surface area contributed by atoms with Gasteiger partial charge in [-0.25, -0.2) is 0 Å². The van der Waals surface area contributed by atoms with E-state index in [0.717, 1.165) is 46.9 Å². The van der Waals surface area contributed by atoms with E-state index in [4.69, 9.17) is 4.74 Å². The first kappa shape index (κ1) is 14.0. The largest absolute Gasteiger partial charge is 0.426 e. The van der Waals surface area contributed by atoms with Gasteiger partial charge < -0.3 is 14.8 Å². The monoisotopic (exact) mass is 307 g/mol. The predicted octanol–water partition coefficient (Wildman–Crippen LogP) is 3.74. The smallest absolute Gasteiger partial charge is 0.298 e. The molecule has 0 unspecified atom stereocenters. The zero-order valence-corrected chi connectivity index (χ0v) is 12.6.